The number of likely N-dealkylation sites (tertiary alicyclic amines) is 1. The first-order valence-corrected chi connectivity index (χ1v) is 15.2. The van der Waals surface area contributed by atoms with E-state index < -0.39 is 16.2 Å². The first kappa shape index (κ1) is 26.7. The van der Waals surface area contributed by atoms with Crippen molar-refractivity contribution >= 4 is 38.9 Å². The quantitative estimate of drug-likeness (QED) is 0.470. The number of anilines is 1. The van der Waals surface area contributed by atoms with Gasteiger partial charge in [0.2, 0.25) is 0 Å². The molecular formula is C29H33N3O7S. The van der Waals surface area contributed by atoms with Crippen LogP contribution in [0.15, 0.2) is 42.5 Å². The van der Waals surface area contributed by atoms with Gasteiger partial charge in [0.25, 0.3) is 5.91 Å². The minimum Gasteiger partial charge on any atom is -0.497 e. The van der Waals surface area contributed by atoms with Gasteiger partial charge in [0.1, 0.15) is 28.5 Å². The molecular weight excluding hydrogens is 534 g/mol. The van der Waals surface area contributed by atoms with Crippen LogP contribution in [-0.4, -0.2) is 88.2 Å². The lowest BCUT2D eigenvalue weighted by atomic mass is 9.82. The van der Waals surface area contributed by atoms with Crippen molar-refractivity contribution in [3.05, 3.63) is 53.7 Å². The second-order valence-corrected chi connectivity index (χ2v) is 13.1. The fourth-order valence-electron chi connectivity index (χ4n) is 5.80. The Morgan fingerprint density at radius 2 is 1.75 bits per heavy atom. The monoisotopic (exact) mass is 567 g/mol. The van der Waals surface area contributed by atoms with Gasteiger partial charge in [-0.2, -0.15) is 10.6 Å². The van der Waals surface area contributed by atoms with E-state index in [9.17, 15) is 18.7 Å². The topological polar surface area (TPSA) is 122 Å². The number of piperidine rings is 1. The Bertz CT molecular complexity index is 1480. The van der Waals surface area contributed by atoms with E-state index in [1.807, 2.05) is 30.3 Å². The van der Waals surface area contributed by atoms with Crippen molar-refractivity contribution in [3.8, 4) is 17.2 Å². The van der Waals surface area contributed by atoms with Crippen LogP contribution in [0.2, 0.25) is 0 Å². The molecule has 0 bridgehead atoms. The molecule has 1 amide bonds. The van der Waals surface area contributed by atoms with E-state index in [-0.39, 0.29) is 18.1 Å². The molecule has 2 N–H and O–H groups in total. The van der Waals surface area contributed by atoms with E-state index in [4.69, 9.17) is 14.2 Å². The van der Waals surface area contributed by atoms with Crippen molar-refractivity contribution in [1.82, 2.24) is 9.88 Å². The zero-order chi connectivity index (χ0) is 28.1. The summed E-state index contributed by atoms with van der Waals surface area (Å²) < 4.78 is 37.1. The number of carbonyl (C=O) groups is 2. The first-order valence-electron chi connectivity index (χ1n) is 13.4. The molecule has 6 rings (SSSR count). The van der Waals surface area contributed by atoms with Gasteiger partial charge in [0.05, 0.1) is 43.2 Å². The van der Waals surface area contributed by atoms with Crippen molar-refractivity contribution in [3.63, 3.8) is 0 Å². The number of pyridine rings is 1. The molecule has 11 heteroatoms. The second-order valence-electron chi connectivity index (χ2n) is 10.6. The predicted molar refractivity (Wildman–Crippen MR) is 154 cm³/mol. The Hall–Kier alpha value is -3.54. The maximum Gasteiger partial charge on any atom is 0.272 e. The molecule has 0 atom stereocenters. The van der Waals surface area contributed by atoms with Gasteiger partial charge in [-0.05, 0) is 36.4 Å². The normalized spacial score (nSPS) is 20.6. The Balaban J connectivity index is 1.15. The van der Waals surface area contributed by atoms with Gasteiger partial charge in [0, 0.05) is 56.2 Å². The third-order valence-corrected chi connectivity index (χ3v) is 9.87. The molecule has 0 radical (unpaired) electrons. The summed E-state index contributed by atoms with van der Waals surface area (Å²) in [6, 6.07) is 12.7. The van der Waals surface area contributed by atoms with Crippen LogP contribution >= 0.6 is 10.6 Å². The molecule has 0 saturated carbocycles. The molecule has 3 aliphatic heterocycles. The van der Waals surface area contributed by atoms with Crippen molar-refractivity contribution in [1.29, 1.82) is 0 Å². The zero-order valence-electron chi connectivity index (χ0n) is 22.6. The predicted octanol–water partition coefficient (Wildman–Crippen LogP) is 4.46. The van der Waals surface area contributed by atoms with Crippen LogP contribution in [0.1, 0.15) is 40.1 Å². The summed E-state index contributed by atoms with van der Waals surface area (Å²) in [7, 11) is 0.666. The Morgan fingerprint density at radius 1 is 1.00 bits per heavy atom. The fourth-order valence-corrected chi connectivity index (χ4v) is 7.03. The van der Waals surface area contributed by atoms with E-state index in [1.165, 1.54) is 0 Å². The molecule has 1 spiro atoms. The SMILES string of the molecule is COc1ccc2nc(C(=O)N3CCC4(CC3)CC(=O)c3cc(N5CCS(O)(O)CC5)ccc3O4)cc(OC)c2c1. The Morgan fingerprint density at radius 3 is 2.45 bits per heavy atom. The summed E-state index contributed by atoms with van der Waals surface area (Å²) in [5, 5.41) is 0.767. The summed E-state index contributed by atoms with van der Waals surface area (Å²) in [6.07, 6.45) is 1.34. The van der Waals surface area contributed by atoms with Crippen LogP contribution in [0.4, 0.5) is 5.69 Å². The largest absolute Gasteiger partial charge is 0.497 e. The van der Waals surface area contributed by atoms with Gasteiger partial charge < -0.3 is 24.0 Å². The van der Waals surface area contributed by atoms with Gasteiger partial charge in [-0.15, -0.1) is 0 Å². The maximum atomic E-state index is 13.4. The number of carbonyl (C=O) groups excluding carboxylic acids is 2. The van der Waals surface area contributed by atoms with E-state index >= 15 is 0 Å². The smallest absolute Gasteiger partial charge is 0.272 e. The number of Topliss-reactive ketones (excluding diaryl/α,β-unsaturated/α-hetero) is 1. The molecule has 4 heterocycles. The van der Waals surface area contributed by atoms with E-state index in [1.54, 1.807) is 31.3 Å². The molecule has 0 aliphatic carbocycles. The highest BCUT2D eigenvalue weighted by atomic mass is 32.3. The molecule has 2 saturated heterocycles. The first-order chi connectivity index (χ1) is 19.2. The number of ether oxygens (including phenoxy) is 3. The molecule has 0 unspecified atom stereocenters. The fraction of sp³-hybridized carbons (Fsp3) is 0.414. The second kappa shape index (κ2) is 10.1. The van der Waals surface area contributed by atoms with Crippen LogP contribution in [-0.2, 0) is 0 Å². The molecule has 2 aromatic carbocycles. The van der Waals surface area contributed by atoms with Gasteiger partial charge in [-0.1, -0.05) is 0 Å². The number of hydrogen-bond donors (Lipinski definition) is 2. The van der Waals surface area contributed by atoms with Crippen LogP contribution in [0.25, 0.3) is 10.9 Å². The number of hydrogen-bond acceptors (Lipinski definition) is 9. The lowest BCUT2D eigenvalue weighted by Crippen LogP contribution is -2.52. The van der Waals surface area contributed by atoms with Gasteiger partial charge in [-0.25, -0.2) is 4.98 Å². The Labute approximate surface area is 234 Å². The molecule has 2 fully saturated rings. The molecule has 1 aromatic heterocycles. The summed E-state index contributed by atoms with van der Waals surface area (Å²) >= 11 is 0. The van der Waals surface area contributed by atoms with E-state index in [2.05, 4.69) is 9.88 Å². The lowest BCUT2D eigenvalue weighted by molar-refractivity contribution is -0.00584. The highest BCUT2D eigenvalue weighted by molar-refractivity contribution is 8.24. The molecule has 3 aliphatic rings. The lowest BCUT2D eigenvalue weighted by Gasteiger charge is -2.44. The van der Waals surface area contributed by atoms with Crippen LogP contribution in [0.3, 0.4) is 0 Å². The number of methoxy groups -OCH3 is 2. The highest BCUT2D eigenvalue weighted by Crippen LogP contribution is 2.44. The van der Waals surface area contributed by atoms with Crippen LogP contribution in [0, 0.1) is 0 Å². The van der Waals surface area contributed by atoms with E-state index in [0.29, 0.717) is 84.5 Å². The van der Waals surface area contributed by atoms with Crippen LogP contribution in [0.5, 0.6) is 17.2 Å². The summed E-state index contributed by atoms with van der Waals surface area (Å²) in [5.41, 5.74) is 1.76. The molecule has 212 valence electrons. The number of nitrogens with zero attached hydrogens (tertiary/aromatic N) is 3. The third-order valence-electron chi connectivity index (χ3n) is 8.19. The zero-order valence-corrected chi connectivity index (χ0v) is 23.4. The highest BCUT2D eigenvalue weighted by Gasteiger charge is 2.44. The van der Waals surface area contributed by atoms with Crippen molar-refractivity contribution in [2.24, 2.45) is 0 Å². The van der Waals surface area contributed by atoms with Gasteiger partial charge in [-0.3, -0.25) is 18.7 Å². The van der Waals surface area contributed by atoms with Gasteiger partial charge >= 0.3 is 0 Å². The Kier molecular flexibility index (Phi) is 6.76. The minimum atomic E-state index is -2.49. The van der Waals surface area contributed by atoms with Gasteiger partial charge in [0.15, 0.2) is 5.78 Å². The standard InChI is InChI=1S/C29H33N3O7S/c1-37-20-4-5-23-21(16-20)27(38-2)17-24(30-23)28(34)32-9-7-29(8-10-32)18-25(33)22-15-19(3-6-26(22)39-29)31-11-13-40(35,36)14-12-31/h3-6,15-17,35-36H,7-14,18H2,1-2H3. The van der Waals surface area contributed by atoms with Crippen molar-refractivity contribution in [2.45, 2.75) is 24.9 Å². The summed E-state index contributed by atoms with van der Waals surface area (Å²) in [6.45, 7) is 1.97. The number of amides is 1. The van der Waals surface area contributed by atoms with Crippen LogP contribution < -0.4 is 19.1 Å². The maximum absolute atomic E-state index is 13.4. The number of ketones is 1. The van der Waals surface area contributed by atoms with E-state index in [0.717, 1.165) is 11.1 Å². The van der Waals surface area contributed by atoms with Crippen molar-refractivity contribution in [2.75, 3.05) is 56.8 Å². The summed E-state index contributed by atoms with van der Waals surface area (Å²) in [4.78, 5) is 35.2. The minimum absolute atomic E-state index is 0.0283. The summed E-state index contributed by atoms with van der Waals surface area (Å²) in [5.74, 6) is 2.32. The number of aromatic nitrogens is 1. The van der Waals surface area contributed by atoms with Crippen molar-refractivity contribution < 1.29 is 32.9 Å². The number of fused-ring (bicyclic) bond motifs is 2. The molecule has 40 heavy (non-hydrogen) atoms. The average molecular weight is 568 g/mol. The third kappa shape index (κ3) is 4.93. The average Bonchev–Trinajstić information content (AvgIpc) is 2.96. The number of rotatable bonds is 4. The number of benzene rings is 2. The molecule has 10 nitrogen and oxygen atoms in total. The molecule has 3 aromatic rings.